The minimum atomic E-state index is -0.0682. The fraction of sp³-hybridized carbons (Fsp3) is 0.474. The molecule has 1 aliphatic heterocycles. The topological polar surface area (TPSA) is 70.4 Å². The first-order valence-corrected chi connectivity index (χ1v) is 8.83. The molecule has 0 radical (unpaired) electrons. The summed E-state index contributed by atoms with van der Waals surface area (Å²) in [6.45, 7) is 5.97. The number of aryl methyl sites for hydroxylation is 2. The summed E-state index contributed by atoms with van der Waals surface area (Å²) < 4.78 is 1.92. The molecule has 6 heteroatoms. The molecule has 134 valence electrons. The third-order valence-electron chi connectivity index (χ3n) is 4.72. The molecule has 2 aromatic rings. The van der Waals surface area contributed by atoms with E-state index in [2.05, 4.69) is 10.4 Å². The molecule has 0 aliphatic carbocycles. The average molecular weight is 342 g/mol. The molecule has 1 aromatic carbocycles. The molecule has 1 unspecified atom stereocenters. The fourth-order valence-corrected chi connectivity index (χ4v) is 3.42. The second kappa shape index (κ2) is 7.70. The smallest absolute Gasteiger partial charge is 0.317 e. The number of nitrogens with zero attached hydrogens (tertiary/aromatic N) is 3. The number of rotatable bonds is 4. The van der Waals surface area contributed by atoms with E-state index < -0.39 is 0 Å². The van der Waals surface area contributed by atoms with Crippen LogP contribution in [-0.2, 0) is 6.54 Å². The van der Waals surface area contributed by atoms with Crippen LogP contribution in [0, 0.1) is 19.8 Å². The standard InChI is InChI=1S/C19H26N4O2/c1-14-10-15(2)23(21-14)18-8-4-3-7-17(18)11-20-19(25)22-9-5-6-16(12-22)13-24/h3-4,7-8,10,16,24H,5-6,9,11-13H2,1-2H3,(H,20,25). The van der Waals surface area contributed by atoms with E-state index in [0.29, 0.717) is 13.1 Å². The van der Waals surface area contributed by atoms with Crippen LogP contribution in [0.15, 0.2) is 30.3 Å². The fourth-order valence-electron chi connectivity index (χ4n) is 3.42. The molecular weight excluding hydrogens is 316 g/mol. The van der Waals surface area contributed by atoms with E-state index in [9.17, 15) is 9.90 Å². The number of carbonyl (C=O) groups excluding carboxylic acids is 1. The highest BCUT2D eigenvalue weighted by molar-refractivity contribution is 5.74. The van der Waals surface area contributed by atoms with Crippen molar-refractivity contribution >= 4 is 6.03 Å². The Morgan fingerprint density at radius 3 is 2.88 bits per heavy atom. The highest BCUT2D eigenvalue weighted by Gasteiger charge is 2.23. The number of benzene rings is 1. The molecule has 1 saturated heterocycles. The zero-order chi connectivity index (χ0) is 17.8. The first kappa shape index (κ1) is 17.5. The van der Waals surface area contributed by atoms with Gasteiger partial charge in [0.2, 0.25) is 0 Å². The maximum Gasteiger partial charge on any atom is 0.317 e. The molecule has 3 rings (SSSR count). The van der Waals surface area contributed by atoms with Gasteiger partial charge in [-0.2, -0.15) is 5.10 Å². The van der Waals surface area contributed by atoms with E-state index in [-0.39, 0.29) is 18.6 Å². The number of piperidine rings is 1. The van der Waals surface area contributed by atoms with Gasteiger partial charge >= 0.3 is 6.03 Å². The van der Waals surface area contributed by atoms with Gasteiger partial charge in [0.15, 0.2) is 0 Å². The van der Waals surface area contributed by atoms with Crippen LogP contribution in [0.2, 0.25) is 0 Å². The summed E-state index contributed by atoms with van der Waals surface area (Å²) in [4.78, 5) is 14.3. The Labute approximate surface area is 148 Å². The van der Waals surface area contributed by atoms with Crippen molar-refractivity contribution in [3.05, 3.63) is 47.3 Å². The zero-order valence-corrected chi connectivity index (χ0v) is 14.9. The highest BCUT2D eigenvalue weighted by Crippen LogP contribution is 2.18. The maximum atomic E-state index is 12.5. The molecule has 2 N–H and O–H groups in total. The SMILES string of the molecule is Cc1cc(C)n(-c2ccccc2CNC(=O)N2CCCC(CO)C2)n1. The third kappa shape index (κ3) is 4.02. The van der Waals surface area contributed by atoms with Gasteiger partial charge in [-0.05, 0) is 50.3 Å². The van der Waals surface area contributed by atoms with E-state index >= 15 is 0 Å². The Morgan fingerprint density at radius 1 is 1.36 bits per heavy atom. The Morgan fingerprint density at radius 2 is 2.16 bits per heavy atom. The zero-order valence-electron chi connectivity index (χ0n) is 14.9. The van der Waals surface area contributed by atoms with Crippen molar-refractivity contribution in [1.29, 1.82) is 0 Å². The summed E-state index contributed by atoms with van der Waals surface area (Å²) in [7, 11) is 0. The molecule has 1 aliphatic rings. The number of likely N-dealkylation sites (tertiary alicyclic amines) is 1. The van der Waals surface area contributed by atoms with E-state index in [0.717, 1.165) is 42.0 Å². The number of hydrogen-bond donors (Lipinski definition) is 2. The summed E-state index contributed by atoms with van der Waals surface area (Å²) in [5.74, 6) is 0.196. The monoisotopic (exact) mass is 342 g/mol. The van der Waals surface area contributed by atoms with Gasteiger partial charge in [-0.1, -0.05) is 18.2 Å². The molecule has 0 spiro atoms. The number of amides is 2. The first-order valence-electron chi connectivity index (χ1n) is 8.83. The average Bonchev–Trinajstić information content (AvgIpc) is 2.98. The molecule has 1 fully saturated rings. The van der Waals surface area contributed by atoms with Gasteiger partial charge in [-0.15, -0.1) is 0 Å². The lowest BCUT2D eigenvalue weighted by Crippen LogP contribution is -2.46. The number of aliphatic hydroxyl groups is 1. The van der Waals surface area contributed by atoms with Gasteiger partial charge in [0.25, 0.3) is 0 Å². The molecule has 2 amide bonds. The van der Waals surface area contributed by atoms with Crippen LogP contribution < -0.4 is 5.32 Å². The molecule has 1 atom stereocenters. The predicted octanol–water partition coefficient (Wildman–Crippen LogP) is 2.40. The largest absolute Gasteiger partial charge is 0.396 e. The predicted molar refractivity (Wildman–Crippen MR) is 96.7 cm³/mol. The molecule has 0 saturated carbocycles. The van der Waals surface area contributed by atoms with Crippen LogP contribution in [0.1, 0.15) is 29.8 Å². The summed E-state index contributed by atoms with van der Waals surface area (Å²) in [6.07, 6.45) is 1.93. The number of hydrogen-bond acceptors (Lipinski definition) is 3. The van der Waals surface area contributed by atoms with E-state index in [4.69, 9.17) is 0 Å². The van der Waals surface area contributed by atoms with Crippen molar-refractivity contribution in [2.75, 3.05) is 19.7 Å². The van der Waals surface area contributed by atoms with Crippen LogP contribution in [0.5, 0.6) is 0 Å². The quantitative estimate of drug-likeness (QED) is 0.896. The highest BCUT2D eigenvalue weighted by atomic mass is 16.3. The van der Waals surface area contributed by atoms with Crippen molar-refractivity contribution in [1.82, 2.24) is 20.0 Å². The summed E-state index contributed by atoms with van der Waals surface area (Å²) in [6, 6.07) is 9.95. The van der Waals surface area contributed by atoms with Crippen LogP contribution in [0.25, 0.3) is 5.69 Å². The second-order valence-corrected chi connectivity index (χ2v) is 6.76. The van der Waals surface area contributed by atoms with Crippen LogP contribution in [0.3, 0.4) is 0 Å². The van der Waals surface area contributed by atoms with Gasteiger partial charge in [0.05, 0.1) is 11.4 Å². The first-order chi connectivity index (χ1) is 12.1. The molecule has 1 aromatic heterocycles. The normalized spacial score (nSPS) is 17.6. The number of urea groups is 1. The number of nitrogens with one attached hydrogen (secondary N) is 1. The lowest BCUT2D eigenvalue weighted by molar-refractivity contribution is 0.129. The van der Waals surface area contributed by atoms with Gasteiger partial charge in [-0.3, -0.25) is 0 Å². The van der Waals surface area contributed by atoms with Crippen molar-refractivity contribution in [3.8, 4) is 5.69 Å². The van der Waals surface area contributed by atoms with Crippen LogP contribution in [-0.4, -0.2) is 45.5 Å². The van der Waals surface area contributed by atoms with Gasteiger partial charge in [-0.25, -0.2) is 9.48 Å². The Hall–Kier alpha value is -2.34. The second-order valence-electron chi connectivity index (χ2n) is 6.76. The third-order valence-corrected chi connectivity index (χ3v) is 4.72. The van der Waals surface area contributed by atoms with Gasteiger partial charge < -0.3 is 15.3 Å². The molecule has 0 bridgehead atoms. The lowest BCUT2D eigenvalue weighted by Gasteiger charge is -2.31. The van der Waals surface area contributed by atoms with Crippen molar-refractivity contribution in [3.63, 3.8) is 0 Å². The van der Waals surface area contributed by atoms with Crippen molar-refractivity contribution in [2.24, 2.45) is 5.92 Å². The molecule has 6 nitrogen and oxygen atoms in total. The Balaban J connectivity index is 1.69. The number of para-hydroxylation sites is 1. The Kier molecular flexibility index (Phi) is 5.38. The minimum absolute atomic E-state index is 0.0682. The number of aromatic nitrogens is 2. The molecular formula is C19H26N4O2. The molecule has 25 heavy (non-hydrogen) atoms. The van der Waals surface area contributed by atoms with E-state index in [1.807, 2.05) is 48.9 Å². The number of carbonyl (C=O) groups is 1. The van der Waals surface area contributed by atoms with E-state index in [1.165, 1.54) is 0 Å². The van der Waals surface area contributed by atoms with Crippen LogP contribution in [0.4, 0.5) is 4.79 Å². The van der Waals surface area contributed by atoms with Crippen molar-refractivity contribution < 1.29 is 9.90 Å². The number of aliphatic hydroxyl groups excluding tert-OH is 1. The minimum Gasteiger partial charge on any atom is -0.396 e. The van der Waals surface area contributed by atoms with Gasteiger partial charge in [0.1, 0.15) is 0 Å². The maximum absolute atomic E-state index is 12.5. The summed E-state index contributed by atoms with van der Waals surface area (Å²) in [5.41, 5.74) is 4.05. The Bertz CT molecular complexity index is 741. The van der Waals surface area contributed by atoms with Crippen molar-refractivity contribution in [2.45, 2.75) is 33.2 Å². The van der Waals surface area contributed by atoms with E-state index in [1.54, 1.807) is 4.90 Å². The summed E-state index contributed by atoms with van der Waals surface area (Å²) >= 11 is 0. The summed E-state index contributed by atoms with van der Waals surface area (Å²) in [5, 5.41) is 16.9. The molecule has 2 heterocycles. The van der Waals surface area contributed by atoms with Gasteiger partial charge in [0, 0.05) is 31.9 Å². The van der Waals surface area contributed by atoms with Crippen LogP contribution >= 0.6 is 0 Å². The lowest BCUT2D eigenvalue weighted by atomic mass is 9.99.